The predicted molar refractivity (Wildman–Crippen MR) is 121 cm³/mol. The highest BCUT2D eigenvalue weighted by Crippen LogP contribution is 2.33. The number of fused-ring (bicyclic) bond motifs is 1. The molecule has 8 nitrogen and oxygen atoms in total. The monoisotopic (exact) mass is 457 g/mol. The molecule has 2 aliphatic rings. The minimum Gasteiger partial charge on any atom is -0.482 e. The number of anilines is 2. The first-order valence-electron chi connectivity index (χ1n) is 10.6. The summed E-state index contributed by atoms with van der Waals surface area (Å²) in [5, 5.41) is 5.64. The molecule has 1 saturated heterocycles. The molecule has 1 atom stereocenters. The van der Waals surface area contributed by atoms with Gasteiger partial charge in [-0.3, -0.25) is 9.59 Å². The number of benzene rings is 2. The van der Waals surface area contributed by atoms with Crippen LogP contribution in [-0.4, -0.2) is 44.2 Å². The van der Waals surface area contributed by atoms with Crippen LogP contribution < -0.4 is 15.4 Å². The number of ether oxygens (including phenoxy) is 1. The summed E-state index contributed by atoms with van der Waals surface area (Å²) < 4.78 is 33.2. The van der Waals surface area contributed by atoms with E-state index in [2.05, 4.69) is 10.6 Å². The van der Waals surface area contributed by atoms with Gasteiger partial charge in [0.05, 0.1) is 16.5 Å². The SMILES string of the molecule is Cc1cc(C)c(NC(=O)[C@@H]2CCCN(S(=O)(=O)c3ccc4c(c3)NC(=O)CO4)C2)c(C)c1. The largest absolute Gasteiger partial charge is 0.482 e. The second-order valence-electron chi connectivity index (χ2n) is 8.46. The van der Waals surface area contributed by atoms with E-state index in [0.29, 0.717) is 30.8 Å². The number of piperidine rings is 1. The molecule has 170 valence electrons. The number of nitrogens with one attached hydrogen (secondary N) is 2. The molecule has 1 fully saturated rings. The Labute approximate surface area is 188 Å². The number of amides is 2. The van der Waals surface area contributed by atoms with Crippen LogP contribution in [0.5, 0.6) is 5.75 Å². The third-order valence-corrected chi connectivity index (χ3v) is 7.76. The van der Waals surface area contributed by atoms with Gasteiger partial charge in [-0.25, -0.2) is 8.42 Å². The van der Waals surface area contributed by atoms with Gasteiger partial charge in [0.25, 0.3) is 5.91 Å². The molecule has 9 heteroatoms. The van der Waals surface area contributed by atoms with E-state index in [4.69, 9.17) is 4.74 Å². The fourth-order valence-electron chi connectivity index (χ4n) is 4.35. The van der Waals surface area contributed by atoms with Gasteiger partial charge in [0.1, 0.15) is 5.75 Å². The molecule has 2 aliphatic heterocycles. The lowest BCUT2D eigenvalue weighted by atomic mass is 9.98. The molecule has 4 rings (SSSR count). The normalized spacial score (nSPS) is 19.0. The Morgan fingerprint density at radius 3 is 2.59 bits per heavy atom. The van der Waals surface area contributed by atoms with Crippen LogP contribution in [0.15, 0.2) is 35.2 Å². The minimum atomic E-state index is -3.83. The third-order valence-electron chi connectivity index (χ3n) is 5.90. The first-order valence-corrected chi connectivity index (χ1v) is 12.0. The molecule has 2 amide bonds. The molecule has 0 spiro atoms. The number of rotatable bonds is 4. The van der Waals surface area contributed by atoms with Crippen LogP contribution >= 0.6 is 0 Å². The van der Waals surface area contributed by atoms with Gasteiger partial charge in [-0.2, -0.15) is 4.31 Å². The van der Waals surface area contributed by atoms with Crippen LogP contribution in [0.4, 0.5) is 11.4 Å². The van der Waals surface area contributed by atoms with E-state index in [0.717, 1.165) is 22.4 Å². The van der Waals surface area contributed by atoms with Crippen LogP contribution in [0.1, 0.15) is 29.5 Å². The molecular formula is C23H27N3O5S. The molecule has 0 bridgehead atoms. The molecule has 0 saturated carbocycles. The zero-order chi connectivity index (χ0) is 23.0. The maximum atomic E-state index is 13.3. The molecule has 0 radical (unpaired) electrons. The molecule has 2 N–H and O–H groups in total. The number of carbonyl (C=O) groups is 2. The summed E-state index contributed by atoms with van der Waals surface area (Å²) in [5.41, 5.74) is 4.20. The molecule has 32 heavy (non-hydrogen) atoms. The fourth-order valence-corrected chi connectivity index (χ4v) is 5.90. The van der Waals surface area contributed by atoms with E-state index >= 15 is 0 Å². The second kappa shape index (κ2) is 8.55. The summed E-state index contributed by atoms with van der Waals surface area (Å²) in [5.74, 6) is -0.517. The number of aryl methyl sites for hydroxylation is 3. The second-order valence-corrected chi connectivity index (χ2v) is 10.4. The molecule has 2 aromatic carbocycles. The summed E-state index contributed by atoms with van der Waals surface area (Å²) >= 11 is 0. The van der Waals surface area contributed by atoms with Gasteiger partial charge in [0.15, 0.2) is 6.61 Å². The minimum absolute atomic E-state index is 0.0633. The highest BCUT2D eigenvalue weighted by Gasteiger charge is 2.34. The first kappa shape index (κ1) is 22.3. The Morgan fingerprint density at radius 2 is 1.88 bits per heavy atom. The highest BCUT2D eigenvalue weighted by atomic mass is 32.2. The topological polar surface area (TPSA) is 105 Å². The highest BCUT2D eigenvalue weighted by molar-refractivity contribution is 7.89. The lowest BCUT2D eigenvalue weighted by Gasteiger charge is -2.31. The number of hydrogen-bond donors (Lipinski definition) is 2. The van der Waals surface area contributed by atoms with Crippen LogP contribution in [0.3, 0.4) is 0 Å². The molecule has 2 aromatic rings. The van der Waals surface area contributed by atoms with E-state index in [1.807, 2.05) is 32.9 Å². The number of nitrogens with zero attached hydrogens (tertiary/aromatic N) is 1. The average Bonchev–Trinajstić information content (AvgIpc) is 2.75. The Morgan fingerprint density at radius 1 is 1.16 bits per heavy atom. The van der Waals surface area contributed by atoms with E-state index in [1.165, 1.54) is 16.4 Å². The maximum Gasteiger partial charge on any atom is 0.262 e. The van der Waals surface area contributed by atoms with Crippen molar-refractivity contribution >= 4 is 33.2 Å². The van der Waals surface area contributed by atoms with Gasteiger partial charge in [-0.05, 0) is 62.9 Å². The molecule has 0 aromatic heterocycles. The standard InChI is InChI=1S/C23H27N3O5S/c1-14-9-15(2)22(16(3)10-14)25-23(28)17-5-4-8-26(12-17)32(29,30)18-6-7-20-19(11-18)24-21(27)13-31-20/h6-7,9-11,17H,4-5,8,12-13H2,1-3H3,(H,24,27)(H,25,28)/t17-/m1/s1. The number of hydrogen-bond acceptors (Lipinski definition) is 5. The molecule has 0 unspecified atom stereocenters. The summed E-state index contributed by atoms with van der Waals surface area (Å²) in [6, 6.07) is 8.44. The van der Waals surface area contributed by atoms with E-state index in [1.54, 1.807) is 6.07 Å². The van der Waals surface area contributed by atoms with Crippen molar-refractivity contribution in [2.24, 2.45) is 5.92 Å². The van der Waals surface area contributed by atoms with Gasteiger partial charge in [-0.1, -0.05) is 17.7 Å². The molecule has 2 heterocycles. The van der Waals surface area contributed by atoms with Gasteiger partial charge in [0, 0.05) is 18.8 Å². The Kier molecular flexibility index (Phi) is 5.96. The van der Waals surface area contributed by atoms with Crippen molar-refractivity contribution in [2.75, 3.05) is 30.3 Å². The van der Waals surface area contributed by atoms with Crippen molar-refractivity contribution < 1.29 is 22.7 Å². The summed E-state index contributed by atoms with van der Waals surface area (Å²) in [7, 11) is -3.83. The van der Waals surface area contributed by atoms with Gasteiger partial charge >= 0.3 is 0 Å². The van der Waals surface area contributed by atoms with Crippen LogP contribution in [0.2, 0.25) is 0 Å². The van der Waals surface area contributed by atoms with Crippen molar-refractivity contribution in [2.45, 2.75) is 38.5 Å². The van der Waals surface area contributed by atoms with Gasteiger partial charge < -0.3 is 15.4 Å². The number of sulfonamides is 1. The van der Waals surface area contributed by atoms with Gasteiger partial charge in [0.2, 0.25) is 15.9 Å². The predicted octanol–water partition coefficient (Wildman–Crippen LogP) is 2.98. The van der Waals surface area contributed by atoms with Gasteiger partial charge in [-0.15, -0.1) is 0 Å². The van der Waals surface area contributed by atoms with Crippen LogP contribution in [0.25, 0.3) is 0 Å². The number of carbonyl (C=O) groups excluding carboxylic acids is 2. The maximum absolute atomic E-state index is 13.3. The smallest absolute Gasteiger partial charge is 0.262 e. The zero-order valence-corrected chi connectivity index (χ0v) is 19.2. The van der Waals surface area contributed by atoms with E-state index in [9.17, 15) is 18.0 Å². The fraction of sp³-hybridized carbons (Fsp3) is 0.391. The van der Waals surface area contributed by atoms with Crippen molar-refractivity contribution in [3.05, 3.63) is 47.0 Å². The van der Waals surface area contributed by atoms with Crippen LogP contribution in [0, 0.1) is 26.7 Å². The Bertz CT molecular complexity index is 1170. The van der Waals surface area contributed by atoms with Crippen molar-refractivity contribution in [3.8, 4) is 5.75 Å². The quantitative estimate of drug-likeness (QED) is 0.734. The van der Waals surface area contributed by atoms with E-state index in [-0.39, 0.29) is 29.9 Å². The third kappa shape index (κ3) is 4.35. The lowest BCUT2D eigenvalue weighted by Crippen LogP contribution is -2.43. The Hall–Kier alpha value is -2.91. The zero-order valence-electron chi connectivity index (χ0n) is 18.4. The summed E-state index contributed by atoms with van der Waals surface area (Å²) in [6.45, 7) is 6.26. The van der Waals surface area contributed by atoms with Crippen molar-refractivity contribution in [3.63, 3.8) is 0 Å². The van der Waals surface area contributed by atoms with Crippen molar-refractivity contribution in [1.82, 2.24) is 4.31 Å². The first-order chi connectivity index (χ1) is 15.1. The van der Waals surface area contributed by atoms with Crippen molar-refractivity contribution in [1.29, 1.82) is 0 Å². The molecule has 0 aliphatic carbocycles. The lowest BCUT2D eigenvalue weighted by molar-refractivity contribution is -0.121. The summed E-state index contributed by atoms with van der Waals surface area (Å²) in [6.07, 6.45) is 1.21. The molecular weight excluding hydrogens is 430 g/mol. The average molecular weight is 458 g/mol. The Balaban J connectivity index is 1.52. The van der Waals surface area contributed by atoms with Crippen LogP contribution in [-0.2, 0) is 19.6 Å². The van der Waals surface area contributed by atoms with E-state index < -0.39 is 15.9 Å². The summed E-state index contributed by atoms with van der Waals surface area (Å²) in [4.78, 5) is 24.6.